The fraction of sp³-hybridized carbons (Fsp3) is 0.0952. The Morgan fingerprint density at radius 3 is 2.46 bits per heavy atom. The highest BCUT2D eigenvalue weighted by Crippen LogP contribution is 2.41. The number of benzene rings is 3. The second-order valence-electron chi connectivity index (χ2n) is 5.41. The molecule has 0 saturated heterocycles. The van der Waals surface area contributed by atoms with Gasteiger partial charge >= 0.3 is 0 Å². The Morgan fingerprint density at radius 1 is 0.962 bits per heavy atom. The van der Waals surface area contributed by atoms with Crippen molar-refractivity contribution in [3.05, 3.63) is 77.0 Å². The Hall–Kier alpha value is -1.12. The molecule has 5 heteroatoms. The predicted octanol–water partition coefficient (Wildman–Crippen LogP) is 7.45. The first-order valence-electron chi connectivity index (χ1n) is 8.14. The summed E-state index contributed by atoms with van der Waals surface area (Å²) in [6.45, 7) is 4.00. The van der Waals surface area contributed by atoms with Crippen LogP contribution in [-0.2, 0) is 0 Å². The summed E-state index contributed by atoms with van der Waals surface area (Å²) in [5, 5.41) is 1.68. The minimum atomic E-state index is -0.0336. The molecule has 2 aromatic carbocycles. The van der Waals surface area contributed by atoms with Gasteiger partial charge < -0.3 is 4.42 Å². The zero-order chi connectivity index (χ0) is 18.8. The monoisotopic (exact) mass is 588 g/mol. The van der Waals surface area contributed by atoms with Crippen molar-refractivity contribution >= 4 is 67.8 Å². The topological polar surface area (TPSA) is 30.2 Å². The maximum absolute atomic E-state index is 12.0. The van der Waals surface area contributed by atoms with Crippen LogP contribution in [-0.4, -0.2) is 0 Å². The smallest absolute Gasteiger partial charge is 0.195 e. The van der Waals surface area contributed by atoms with E-state index in [9.17, 15) is 4.79 Å². The highest BCUT2D eigenvalue weighted by Gasteiger charge is 2.19. The molecule has 2 aliphatic rings. The van der Waals surface area contributed by atoms with E-state index in [4.69, 9.17) is 16.0 Å². The molecule has 2 aromatic rings. The summed E-state index contributed by atoms with van der Waals surface area (Å²) in [4.78, 5) is 12.0. The van der Waals surface area contributed by atoms with Gasteiger partial charge in [-0.1, -0.05) is 37.6 Å². The van der Waals surface area contributed by atoms with Crippen LogP contribution >= 0.6 is 56.8 Å². The van der Waals surface area contributed by atoms with E-state index in [1.807, 2.05) is 56.3 Å². The maximum atomic E-state index is 12.0. The SMILES string of the molecule is CC.O=c1cc2oc3ccc(I)cc3c(-c3cccc(Cl)c3)c-2cc1I. The van der Waals surface area contributed by atoms with Crippen molar-refractivity contribution in [1.29, 1.82) is 0 Å². The number of halogens is 3. The third-order valence-electron chi connectivity index (χ3n) is 3.85. The van der Waals surface area contributed by atoms with Crippen LogP contribution in [0.3, 0.4) is 0 Å². The Morgan fingerprint density at radius 2 is 1.73 bits per heavy atom. The Bertz CT molecular complexity index is 1120. The fourth-order valence-electron chi connectivity index (χ4n) is 2.82. The van der Waals surface area contributed by atoms with Crippen molar-refractivity contribution < 1.29 is 4.42 Å². The fourth-order valence-corrected chi connectivity index (χ4v) is 3.97. The normalized spacial score (nSPS) is 10.7. The van der Waals surface area contributed by atoms with Gasteiger partial charge in [-0.3, -0.25) is 4.79 Å². The molecule has 4 rings (SSSR count). The molecule has 2 nitrogen and oxygen atoms in total. The van der Waals surface area contributed by atoms with E-state index >= 15 is 0 Å². The number of hydrogen-bond acceptors (Lipinski definition) is 2. The van der Waals surface area contributed by atoms with Gasteiger partial charge in [-0.25, -0.2) is 0 Å². The van der Waals surface area contributed by atoms with Crippen molar-refractivity contribution in [2.75, 3.05) is 0 Å². The molecule has 0 fully saturated rings. The van der Waals surface area contributed by atoms with E-state index in [-0.39, 0.29) is 5.43 Å². The summed E-state index contributed by atoms with van der Waals surface area (Å²) in [7, 11) is 0. The highest BCUT2D eigenvalue weighted by molar-refractivity contribution is 14.1. The standard InChI is InChI=1S/C19H9ClI2O2.C2H6/c20-11-3-1-2-10(6-11)19-13-7-12(21)4-5-17(13)24-18-9-16(23)15(22)8-14(18)19;1-2/h1-9H;1-2H3. The molecular formula is C21H15ClI2O2. The van der Waals surface area contributed by atoms with E-state index in [0.29, 0.717) is 14.4 Å². The minimum Gasteiger partial charge on any atom is -0.456 e. The van der Waals surface area contributed by atoms with E-state index in [1.165, 1.54) is 0 Å². The average molecular weight is 589 g/mol. The maximum Gasteiger partial charge on any atom is 0.195 e. The molecule has 0 atom stereocenters. The van der Waals surface area contributed by atoms with E-state index < -0.39 is 0 Å². The molecule has 132 valence electrons. The average Bonchev–Trinajstić information content (AvgIpc) is 2.63. The summed E-state index contributed by atoms with van der Waals surface area (Å²) in [5.41, 5.74) is 3.66. The van der Waals surface area contributed by atoms with Crippen molar-refractivity contribution in [2.24, 2.45) is 0 Å². The van der Waals surface area contributed by atoms with Crippen LogP contribution in [0.15, 0.2) is 63.8 Å². The van der Waals surface area contributed by atoms with Crippen LogP contribution in [0.5, 0.6) is 0 Å². The van der Waals surface area contributed by atoms with Gasteiger partial charge in [-0.15, -0.1) is 0 Å². The van der Waals surface area contributed by atoms with E-state index in [2.05, 4.69) is 51.2 Å². The minimum absolute atomic E-state index is 0.0336. The van der Waals surface area contributed by atoms with Crippen molar-refractivity contribution in [2.45, 2.75) is 13.8 Å². The predicted molar refractivity (Wildman–Crippen MR) is 126 cm³/mol. The number of hydrogen-bond donors (Lipinski definition) is 0. The molecule has 1 aliphatic heterocycles. The van der Waals surface area contributed by atoms with Crippen molar-refractivity contribution in [3.63, 3.8) is 0 Å². The summed E-state index contributed by atoms with van der Waals surface area (Å²) in [6, 6.07) is 17.2. The quantitative estimate of drug-likeness (QED) is 0.171. The summed E-state index contributed by atoms with van der Waals surface area (Å²) in [6.07, 6.45) is 0. The second kappa shape index (κ2) is 8.27. The van der Waals surface area contributed by atoms with Gasteiger partial charge in [0, 0.05) is 31.2 Å². The zero-order valence-electron chi connectivity index (χ0n) is 14.1. The lowest BCUT2D eigenvalue weighted by Crippen LogP contribution is -2.05. The molecule has 0 spiro atoms. The lowest BCUT2D eigenvalue weighted by molar-refractivity contribution is 0.619. The molecule has 0 unspecified atom stereocenters. The molecule has 1 aliphatic carbocycles. The Kier molecular flexibility index (Phi) is 6.25. The van der Waals surface area contributed by atoms with Gasteiger partial charge in [0.05, 0.1) is 3.57 Å². The van der Waals surface area contributed by atoms with Crippen LogP contribution in [0.1, 0.15) is 13.8 Å². The first-order chi connectivity index (χ1) is 12.5. The van der Waals surface area contributed by atoms with Crippen LogP contribution in [0, 0.1) is 7.14 Å². The number of fused-ring (bicyclic) bond motifs is 2. The van der Waals surface area contributed by atoms with Crippen LogP contribution in [0.2, 0.25) is 5.02 Å². The van der Waals surface area contributed by atoms with Gasteiger partial charge in [0.15, 0.2) is 5.43 Å². The molecule has 0 bridgehead atoms. The van der Waals surface area contributed by atoms with Gasteiger partial charge in [0.25, 0.3) is 0 Å². The lowest BCUT2D eigenvalue weighted by Gasteiger charge is -2.16. The van der Waals surface area contributed by atoms with Gasteiger partial charge in [0.2, 0.25) is 0 Å². The summed E-state index contributed by atoms with van der Waals surface area (Å²) < 4.78 is 7.78. The molecule has 0 saturated carbocycles. The van der Waals surface area contributed by atoms with Gasteiger partial charge in [-0.05, 0) is 87.1 Å². The largest absolute Gasteiger partial charge is 0.456 e. The third-order valence-corrected chi connectivity index (χ3v) is 5.60. The van der Waals surface area contributed by atoms with E-state index in [1.54, 1.807) is 6.07 Å². The van der Waals surface area contributed by atoms with Crippen molar-refractivity contribution in [1.82, 2.24) is 0 Å². The van der Waals surface area contributed by atoms with Crippen LogP contribution < -0.4 is 5.43 Å². The molecule has 1 heterocycles. The van der Waals surface area contributed by atoms with Gasteiger partial charge in [0.1, 0.15) is 11.3 Å². The Labute approximate surface area is 184 Å². The van der Waals surface area contributed by atoms with Crippen LogP contribution in [0.25, 0.3) is 33.4 Å². The number of rotatable bonds is 1. The molecule has 0 N–H and O–H groups in total. The third kappa shape index (κ3) is 3.77. The second-order valence-corrected chi connectivity index (χ2v) is 8.25. The van der Waals surface area contributed by atoms with Crippen molar-refractivity contribution in [3.8, 4) is 22.5 Å². The van der Waals surface area contributed by atoms with E-state index in [0.717, 1.165) is 31.2 Å². The molecule has 0 radical (unpaired) electrons. The molecule has 0 aromatic heterocycles. The summed E-state index contributed by atoms with van der Waals surface area (Å²) in [5.74, 6) is 0.587. The zero-order valence-corrected chi connectivity index (χ0v) is 19.2. The summed E-state index contributed by atoms with van der Waals surface area (Å²) >= 11 is 10.6. The van der Waals surface area contributed by atoms with Crippen LogP contribution in [0.4, 0.5) is 0 Å². The molecular weight excluding hydrogens is 573 g/mol. The molecule has 26 heavy (non-hydrogen) atoms. The molecule has 0 amide bonds. The first kappa shape index (κ1) is 19.6. The highest BCUT2D eigenvalue weighted by atomic mass is 127. The van der Waals surface area contributed by atoms with Gasteiger partial charge in [-0.2, -0.15) is 0 Å². The first-order valence-corrected chi connectivity index (χ1v) is 10.7. The lowest BCUT2D eigenvalue weighted by atomic mass is 9.94. The Balaban J connectivity index is 0.000000948.